The quantitative estimate of drug-likeness (QED) is 0.570. The molecular formula is C12H18O3. The van der Waals surface area contributed by atoms with Gasteiger partial charge in [0.2, 0.25) is 0 Å². The summed E-state index contributed by atoms with van der Waals surface area (Å²) in [6, 6.07) is 0. The predicted molar refractivity (Wildman–Crippen MR) is 58.3 cm³/mol. The highest BCUT2D eigenvalue weighted by Gasteiger charge is 2.26. The van der Waals surface area contributed by atoms with Crippen LogP contribution in [0.3, 0.4) is 0 Å². The summed E-state index contributed by atoms with van der Waals surface area (Å²) in [5.41, 5.74) is 1.21. The Kier molecular flexibility index (Phi) is 4.56. The van der Waals surface area contributed by atoms with Gasteiger partial charge in [-0.3, -0.25) is 4.79 Å². The van der Waals surface area contributed by atoms with Crippen molar-refractivity contribution in [3.05, 3.63) is 24.3 Å². The van der Waals surface area contributed by atoms with Gasteiger partial charge in [0.1, 0.15) is 6.10 Å². The molecule has 1 aliphatic rings. The van der Waals surface area contributed by atoms with Crippen LogP contribution < -0.4 is 0 Å². The lowest BCUT2D eigenvalue weighted by atomic mass is 9.99. The summed E-state index contributed by atoms with van der Waals surface area (Å²) >= 11 is 0. The smallest absolute Gasteiger partial charge is 0.308 e. The number of aliphatic hydroxyl groups excluding tert-OH is 1. The van der Waals surface area contributed by atoms with Gasteiger partial charge in [0.05, 0.1) is 12.5 Å². The van der Waals surface area contributed by atoms with E-state index in [4.69, 9.17) is 4.74 Å². The lowest BCUT2D eigenvalue weighted by Crippen LogP contribution is -2.32. The number of cyclic esters (lactones) is 1. The summed E-state index contributed by atoms with van der Waals surface area (Å²) in [7, 11) is 0. The molecule has 1 N–H and O–H groups in total. The van der Waals surface area contributed by atoms with E-state index < -0.39 is 6.10 Å². The second-order valence-corrected chi connectivity index (χ2v) is 3.99. The zero-order chi connectivity index (χ0) is 11.3. The summed E-state index contributed by atoms with van der Waals surface area (Å²) in [5, 5.41) is 9.39. The first-order valence-electron chi connectivity index (χ1n) is 5.27. The molecule has 3 nitrogen and oxygen atoms in total. The fourth-order valence-electron chi connectivity index (χ4n) is 1.71. The zero-order valence-electron chi connectivity index (χ0n) is 9.11. The normalized spacial score (nSPS) is 27.3. The average molecular weight is 210 g/mol. The molecule has 0 aromatic carbocycles. The van der Waals surface area contributed by atoms with Crippen molar-refractivity contribution in [1.29, 1.82) is 0 Å². The fourth-order valence-corrected chi connectivity index (χ4v) is 1.71. The van der Waals surface area contributed by atoms with Gasteiger partial charge in [-0.25, -0.2) is 0 Å². The Balaban J connectivity index is 2.35. The van der Waals surface area contributed by atoms with E-state index in [9.17, 15) is 9.90 Å². The maximum Gasteiger partial charge on any atom is 0.308 e. The molecule has 15 heavy (non-hydrogen) atoms. The summed E-state index contributed by atoms with van der Waals surface area (Å²) in [6.07, 6.45) is 5.38. The highest BCUT2D eigenvalue weighted by molar-refractivity contribution is 5.70. The summed E-state index contributed by atoms with van der Waals surface area (Å²) in [4.78, 5) is 11.0. The Morgan fingerprint density at radius 3 is 3.07 bits per heavy atom. The second-order valence-electron chi connectivity index (χ2n) is 3.99. The van der Waals surface area contributed by atoms with E-state index in [0.717, 1.165) is 12.8 Å². The second kappa shape index (κ2) is 5.71. The number of allylic oxidation sites excluding steroid dienone is 3. The van der Waals surface area contributed by atoms with Crippen LogP contribution in [0.2, 0.25) is 0 Å². The van der Waals surface area contributed by atoms with Gasteiger partial charge in [-0.15, -0.1) is 0 Å². The standard InChI is InChI=1S/C12H18O3/c1-3-4-9(2)5-6-11-7-10(13)8-12(14)15-11/h3-4,10-11,13H,1,5-8H2,2H3/b9-4+/t10-,11-/m1/s1. The number of hydrogen-bond acceptors (Lipinski definition) is 3. The summed E-state index contributed by atoms with van der Waals surface area (Å²) in [6.45, 7) is 5.63. The van der Waals surface area contributed by atoms with Crippen molar-refractivity contribution in [2.24, 2.45) is 0 Å². The number of rotatable bonds is 4. The third-order valence-corrected chi connectivity index (χ3v) is 2.50. The van der Waals surface area contributed by atoms with Gasteiger partial charge < -0.3 is 9.84 Å². The number of esters is 1. The molecule has 0 spiro atoms. The van der Waals surface area contributed by atoms with Crippen LogP contribution in [0.15, 0.2) is 24.3 Å². The Morgan fingerprint density at radius 2 is 2.47 bits per heavy atom. The lowest BCUT2D eigenvalue weighted by Gasteiger charge is -2.25. The molecule has 1 saturated heterocycles. The van der Waals surface area contributed by atoms with Gasteiger partial charge >= 0.3 is 5.97 Å². The van der Waals surface area contributed by atoms with Crippen LogP contribution >= 0.6 is 0 Å². The van der Waals surface area contributed by atoms with Gasteiger partial charge in [0.25, 0.3) is 0 Å². The molecule has 0 unspecified atom stereocenters. The van der Waals surface area contributed by atoms with E-state index in [-0.39, 0.29) is 18.5 Å². The Hall–Kier alpha value is -1.09. The number of carbonyl (C=O) groups is 1. The van der Waals surface area contributed by atoms with Crippen molar-refractivity contribution in [3.63, 3.8) is 0 Å². The molecule has 0 amide bonds. The first-order chi connectivity index (χ1) is 7.11. The number of carbonyl (C=O) groups excluding carboxylic acids is 1. The van der Waals surface area contributed by atoms with Crippen molar-refractivity contribution >= 4 is 5.97 Å². The van der Waals surface area contributed by atoms with Crippen molar-refractivity contribution in [3.8, 4) is 0 Å². The molecule has 1 rings (SSSR count). The Bertz CT molecular complexity index is 268. The first-order valence-corrected chi connectivity index (χ1v) is 5.27. The van der Waals surface area contributed by atoms with E-state index in [1.165, 1.54) is 5.57 Å². The van der Waals surface area contributed by atoms with E-state index in [1.54, 1.807) is 6.08 Å². The van der Waals surface area contributed by atoms with Crippen LogP contribution in [0.5, 0.6) is 0 Å². The number of aliphatic hydroxyl groups is 1. The molecule has 3 heteroatoms. The van der Waals surface area contributed by atoms with Crippen LogP contribution in [0.1, 0.15) is 32.6 Å². The van der Waals surface area contributed by atoms with Crippen LogP contribution in [0.4, 0.5) is 0 Å². The largest absolute Gasteiger partial charge is 0.462 e. The fraction of sp³-hybridized carbons (Fsp3) is 0.583. The topological polar surface area (TPSA) is 46.5 Å². The van der Waals surface area contributed by atoms with E-state index >= 15 is 0 Å². The molecule has 0 radical (unpaired) electrons. The predicted octanol–water partition coefficient (Wildman–Crippen LogP) is 1.97. The molecule has 0 aliphatic carbocycles. The van der Waals surface area contributed by atoms with Crippen LogP contribution in [-0.4, -0.2) is 23.3 Å². The molecular weight excluding hydrogens is 192 g/mol. The van der Waals surface area contributed by atoms with Crippen LogP contribution in [-0.2, 0) is 9.53 Å². The van der Waals surface area contributed by atoms with Crippen molar-refractivity contribution in [2.45, 2.75) is 44.8 Å². The van der Waals surface area contributed by atoms with Crippen molar-refractivity contribution in [2.75, 3.05) is 0 Å². The molecule has 1 heterocycles. The third kappa shape index (κ3) is 4.30. The highest BCUT2D eigenvalue weighted by Crippen LogP contribution is 2.20. The monoisotopic (exact) mass is 210 g/mol. The van der Waals surface area contributed by atoms with Crippen LogP contribution in [0.25, 0.3) is 0 Å². The van der Waals surface area contributed by atoms with E-state index in [1.807, 2.05) is 13.0 Å². The SMILES string of the molecule is C=C/C=C(\C)CC[C@@H]1C[C@@H](O)CC(=O)O1. The molecule has 0 aromatic rings. The minimum Gasteiger partial charge on any atom is -0.462 e. The summed E-state index contributed by atoms with van der Waals surface area (Å²) in [5.74, 6) is -0.288. The molecule has 1 aliphatic heterocycles. The minimum atomic E-state index is -0.528. The van der Waals surface area contributed by atoms with Gasteiger partial charge in [-0.05, 0) is 19.8 Å². The van der Waals surface area contributed by atoms with E-state index in [2.05, 4.69) is 6.58 Å². The highest BCUT2D eigenvalue weighted by atomic mass is 16.5. The maximum absolute atomic E-state index is 11.0. The van der Waals surface area contributed by atoms with E-state index in [0.29, 0.717) is 6.42 Å². The van der Waals surface area contributed by atoms with Gasteiger partial charge in [0, 0.05) is 6.42 Å². The molecule has 0 bridgehead atoms. The Morgan fingerprint density at radius 1 is 1.73 bits per heavy atom. The van der Waals surface area contributed by atoms with Crippen LogP contribution in [0, 0.1) is 0 Å². The van der Waals surface area contributed by atoms with Gasteiger partial charge in [0.15, 0.2) is 0 Å². The first kappa shape index (κ1) is 12.0. The summed E-state index contributed by atoms with van der Waals surface area (Å²) < 4.78 is 5.13. The van der Waals surface area contributed by atoms with Crippen molar-refractivity contribution < 1.29 is 14.6 Å². The molecule has 0 aromatic heterocycles. The molecule has 1 fully saturated rings. The van der Waals surface area contributed by atoms with Gasteiger partial charge in [-0.2, -0.15) is 0 Å². The number of hydrogen-bond donors (Lipinski definition) is 1. The molecule has 2 atom stereocenters. The molecule has 0 saturated carbocycles. The average Bonchev–Trinajstić information content (AvgIpc) is 2.14. The van der Waals surface area contributed by atoms with Gasteiger partial charge in [-0.1, -0.05) is 24.3 Å². The maximum atomic E-state index is 11.0. The van der Waals surface area contributed by atoms with Crippen molar-refractivity contribution in [1.82, 2.24) is 0 Å². The minimum absolute atomic E-state index is 0.130. The number of ether oxygens (including phenoxy) is 1. The zero-order valence-corrected chi connectivity index (χ0v) is 9.11. The lowest BCUT2D eigenvalue weighted by molar-refractivity contribution is -0.160. The third-order valence-electron chi connectivity index (χ3n) is 2.50. The molecule has 84 valence electrons. The Labute approximate surface area is 90.4 Å².